The van der Waals surface area contributed by atoms with Crippen LogP contribution in [0.15, 0.2) is 34.4 Å². The third-order valence-corrected chi connectivity index (χ3v) is 3.88. The van der Waals surface area contributed by atoms with Crippen LogP contribution in [0.3, 0.4) is 0 Å². The van der Waals surface area contributed by atoms with Gasteiger partial charge in [-0.3, -0.25) is 0 Å². The Hall–Kier alpha value is -2.26. The lowest BCUT2D eigenvalue weighted by Gasteiger charge is -2.08. The highest BCUT2D eigenvalue weighted by atomic mass is 16.5. The third-order valence-electron chi connectivity index (χ3n) is 3.88. The average Bonchev–Trinajstić information content (AvgIpc) is 2.92. The largest absolute Gasteiger partial charge is 0.462 e. The molecule has 0 aromatic carbocycles. The molecule has 1 rings (SSSR count). The van der Waals surface area contributed by atoms with Gasteiger partial charge in [0.15, 0.2) is 0 Å². The molecule has 1 aliphatic carbocycles. The SMILES string of the molecule is C#CCC1=C(/C=C\C)/C(=C(\C#N)C(=O)OCCCCCC)CC1. The molecule has 0 heterocycles. The molecule has 0 aromatic heterocycles. The van der Waals surface area contributed by atoms with Gasteiger partial charge < -0.3 is 4.74 Å². The van der Waals surface area contributed by atoms with Gasteiger partial charge in [0.05, 0.1) is 6.61 Å². The second-order valence-electron chi connectivity index (χ2n) is 5.56. The number of rotatable bonds is 8. The van der Waals surface area contributed by atoms with Crippen molar-refractivity contribution in [2.24, 2.45) is 0 Å². The first-order valence-corrected chi connectivity index (χ1v) is 8.28. The molecule has 0 aromatic rings. The van der Waals surface area contributed by atoms with Gasteiger partial charge in [-0.05, 0) is 37.3 Å². The first kappa shape index (κ1) is 18.8. The number of nitriles is 1. The van der Waals surface area contributed by atoms with Crippen LogP contribution in [0.25, 0.3) is 0 Å². The van der Waals surface area contributed by atoms with E-state index in [2.05, 4.69) is 12.8 Å². The van der Waals surface area contributed by atoms with Crippen LogP contribution in [0.1, 0.15) is 58.8 Å². The van der Waals surface area contributed by atoms with Gasteiger partial charge in [0.1, 0.15) is 11.6 Å². The summed E-state index contributed by atoms with van der Waals surface area (Å²) in [6.07, 6.45) is 15.4. The van der Waals surface area contributed by atoms with Crippen LogP contribution in [0, 0.1) is 23.7 Å². The van der Waals surface area contributed by atoms with Gasteiger partial charge in [-0.2, -0.15) is 5.26 Å². The number of hydrogen-bond donors (Lipinski definition) is 0. The van der Waals surface area contributed by atoms with Gasteiger partial charge in [0, 0.05) is 6.42 Å². The molecule has 0 atom stereocenters. The standard InChI is InChI=1S/C20H25NO2/c1-4-7-8-9-14-23-20(22)19(15-21)18-13-12-16(10-5-2)17(18)11-6-3/h2,6,11H,4,7-10,12-14H2,1,3H3/b11-6-,19-18+. The summed E-state index contributed by atoms with van der Waals surface area (Å²) < 4.78 is 5.27. The summed E-state index contributed by atoms with van der Waals surface area (Å²) in [6.45, 7) is 4.42. The van der Waals surface area contributed by atoms with E-state index >= 15 is 0 Å². The quantitative estimate of drug-likeness (QED) is 0.216. The van der Waals surface area contributed by atoms with Crippen LogP contribution in [0.4, 0.5) is 0 Å². The molecule has 3 heteroatoms. The second-order valence-corrected chi connectivity index (χ2v) is 5.56. The highest BCUT2D eigenvalue weighted by molar-refractivity contribution is 5.95. The summed E-state index contributed by atoms with van der Waals surface area (Å²) in [5.74, 6) is 2.13. The summed E-state index contributed by atoms with van der Waals surface area (Å²) in [5.41, 5.74) is 2.95. The van der Waals surface area contributed by atoms with Gasteiger partial charge in [-0.1, -0.05) is 43.9 Å². The zero-order chi connectivity index (χ0) is 17.1. The normalized spacial score (nSPS) is 16.3. The number of nitrogens with zero attached hydrogens (tertiary/aromatic N) is 1. The Balaban J connectivity index is 2.89. The molecule has 122 valence electrons. The summed E-state index contributed by atoms with van der Waals surface area (Å²) in [4.78, 5) is 12.2. The van der Waals surface area contributed by atoms with Crippen LogP contribution >= 0.6 is 0 Å². The van der Waals surface area contributed by atoms with Crippen LogP contribution in [-0.2, 0) is 9.53 Å². The van der Waals surface area contributed by atoms with Crippen molar-refractivity contribution in [3.63, 3.8) is 0 Å². The van der Waals surface area contributed by atoms with Gasteiger partial charge in [-0.15, -0.1) is 12.3 Å². The summed E-state index contributed by atoms with van der Waals surface area (Å²) >= 11 is 0. The molecule has 0 bridgehead atoms. The van der Waals surface area contributed by atoms with Gasteiger partial charge in [0.25, 0.3) is 0 Å². The Morgan fingerprint density at radius 1 is 1.35 bits per heavy atom. The molecule has 0 amide bonds. The van der Waals surface area contributed by atoms with E-state index in [1.165, 1.54) is 0 Å². The lowest BCUT2D eigenvalue weighted by Crippen LogP contribution is -2.10. The Bertz CT molecular complexity index is 594. The Morgan fingerprint density at radius 3 is 2.74 bits per heavy atom. The lowest BCUT2D eigenvalue weighted by molar-refractivity contribution is -0.138. The van der Waals surface area contributed by atoms with Crippen LogP contribution in [-0.4, -0.2) is 12.6 Å². The number of allylic oxidation sites excluding steroid dienone is 5. The van der Waals surface area contributed by atoms with Crippen LogP contribution in [0.5, 0.6) is 0 Å². The smallest absolute Gasteiger partial charge is 0.349 e. The zero-order valence-electron chi connectivity index (χ0n) is 14.2. The fraction of sp³-hybridized carbons (Fsp3) is 0.500. The fourth-order valence-electron chi connectivity index (χ4n) is 2.71. The maximum atomic E-state index is 12.2. The van der Waals surface area contributed by atoms with E-state index in [4.69, 9.17) is 11.2 Å². The molecular formula is C20H25NO2. The molecule has 0 saturated heterocycles. The Kier molecular flexibility index (Phi) is 8.55. The number of terminal acetylenes is 1. The van der Waals surface area contributed by atoms with Crippen molar-refractivity contribution >= 4 is 5.97 Å². The lowest BCUT2D eigenvalue weighted by atomic mass is 10.0. The van der Waals surface area contributed by atoms with E-state index < -0.39 is 5.97 Å². The molecule has 0 radical (unpaired) electrons. The summed E-state index contributed by atoms with van der Waals surface area (Å²) in [5, 5.41) is 9.40. The molecule has 0 aliphatic heterocycles. The van der Waals surface area contributed by atoms with E-state index in [-0.39, 0.29) is 5.57 Å². The van der Waals surface area contributed by atoms with E-state index in [1.807, 2.05) is 25.1 Å². The molecule has 0 saturated carbocycles. The van der Waals surface area contributed by atoms with Gasteiger partial charge >= 0.3 is 5.97 Å². The Morgan fingerprint density at radius 2 is 2.13 bits per heavy atom. The van der Waals surface area contributed by atoms with Crippen molar-refractivity contribution in [1.29, 1.82) is 5.26 Å². The van der Waals surface area contributed by atoms with Gasteiger partial charge in [0.2, 0.25) is 0 Å². The maximum Gasteiger partial charge on any atom is 0.349 e. The monoisotopic (exact) mass is 311 g/mol. The fourth-order valence-corrected chi connectivity index (χ4v) is 2.71. The van der Waals surface area contributed by atoms with Crippen molar-refractivity contribution in [2.45, 2.75) is 58.8 Å². The number of unbranched alkanes of at least 4 members (excludes halogenated alkanes) is 3. The van der Waals surface area contributed by atoms with Crippen molar-refractivity contribution in [2.75, 3.05) is 6.61 Å². The van der Waals surface area contributed by atoms with Crippen molar-refractivity contribution in [3.05, 3.63) is 34.4 Å². The summed E-state index contributed by atoms with van der Waals surface area (Å²) in [7, 11) is 0. The molecular weight excluding hydrogens is 286 g/mol. The molecule has 0 unspecified atom stereocenters. The minimum atomic E-state index is -0.511. The van der Waals surface area contributed by atoms with E-state index in [1.54, 1.807) is 0 Å². The van der Waals surface area contributed by atoms with E-state index in [0.717, 1.165) is 48.8 Å². The third kappa shape index (κ3) is 5.46. The van der Waals surface area contributed by atoms with Crippen LogP contribution in [0.2, 0.25) is 0 Å². The minimum absolute atomic E-state index is 0.126. The molecule has 0 fully saturated rings. The number of carbonyl (C=O) groups is 1. The number of hydrogen-bond acceptors (Lipinski definition) is 3. The predicted molar refractivity (Wildman–Crippen MR) is 92.3 cm³/mol. The highest BCUT2D eigenvalue weighted by Crippen LogP contribution is 2.36. The predicted octanol–water partition coefficient (Wildman–Crippen LogP) is 4.62. The van der Waals surface area contributed by atoms with E-state index in [0.29, 0.717) is 19.4 Å². The molecule has 1 aliphatic rings. The highest BCUT2D eigenvalue weighted by Gasteiger charge is 2.25. The zero-order valence-corrected chi connectivity index (χ0v) is 14.2. The minimum Gasteiger partial charge on any atom is -0.462 e. The second kappa shape index (κ2) is 10.5. The molecule has 0 N–H and O–H groups in total. The summed E-state index contributed by atoms with van der Waals surface area (Å²) in [6, 6.07) is 2.03. The number of esters is 1. The molecule has 3 nitrogen and oxygen atoms in total. The van der Waals surface area contributed by atoms with Crippen molar-refractivity contribution < 1.29 is 9.53 Å². The molecule has 23 heavy (non-hydrogen) atoms. The van der Waals surface area contributed by atoms with Crippen LogP contribution < -0.4 is 0 Å². The van der Waals surface area contributed by atoms with E-state index in [9.17, 15) is 10.1 Å². The molecule has 0 spiro atoms. The van der Waals surface area contributed by atoms with Gasteiger partial charge in [-0.25, -0.2) is 4.79 Å². The number of carbonyl (C=O) groups excluding carboxylic acids is 1. The average molecular weight is 311 g/mol. The first-order valence-electron chi connectivity index (χ1n) is 8.28. The maximum absolute atomic E-state index is 12.2. The van der Waals surface area contributed by atoms with Crippen molar-refractivity contribution in [3.8, 4) is 18.4 Å². The Labute approximate surface area is 139 Å². The van der Waals surface area contributed by atoms with Crippen molar-refractivity contribution in [1.82, 2.24) is 0 Å². The number of ether oxygens (including phenoxy) is 1. The first-order chi connectivity index (χ1) is 11.2. The topological polar surface area (TPSA) is 50.1 Å².